The van der Waals surface area contributed by atoms with Crippen molar-refractivity contribution in [3.05, 3.63) is 0 Å². The van der Waals surface area contributed by atoms with Crippen molar-refractivity contribution in [1.82, 2.24) is 0 Å². The van der Waals surface area contributed by atoms with Crippen LogP contribution in [0.3, 0.4) is 0 Å². The van der Waals surface area contributed by atoms with Gasteiger partial charge >= 0.3 is 27.3 Å². The summed E-state index contributed by atoms with van der Waals surface area (Å²) in [6, 6.07) is 0. The van der Waals surface area contributed by atoms with Crippen LogP contribution in [0.4, 0.5) is 8.78 Å². The minimum atomic E-state index is -6.02. The SMILES string of the molecule is O=C(OC(=O)C(F)(F)S(=O)(=O)O)C12CC3CC(CC(O)(C3)C1)C2. The third-order valence-electron chi connectivity index (χ3n) is 5.21. The van der Waals surface area contributed by atoms with Crippen LogP contribution in [0.15, 0.2) is 0 Å². The highest BCUT2D eigenvalue weighted by molar-refractivity contribution is 7.87. The van der Waals surface area contributed by atoms with Gasteiger partial charge < -0.3 is 9.84 Å². The Morgan fingerprint density at radius 3 is 2.09 bits per heavy atom. The molecule has 4 saturated carbocycles. The van der Waals surface area contributed by atoms with Crippen LogP contribution >= 0.6 is 0 Å². The van der Waals surface area contributed by atoms with E-state index >= 15 is 0 Å². The van der Waals surface area contributed by atoms with Crippen LogP contribution in [0.5, 0.6) is 0 Å². The van der Waals surface area contributed by atoms with Crippen LogP contribution in [0, 0.1) is 17.3 Å². The largest absolute Gasteiger partial charge is 0.466 e. The van der Waals surface area contributed by atoms with Crippen LogP contribution in [0.1, 0.15) is 38.5 Å². The molecule has 4 bridgehead atoms. The summed E-state index contributed by atoms with van der Waals surface area (Å²) in [5.41, 5.74) is -2.32. The monoisotopic (exact) mass is 354 g/mol. The van der Waals surface area contributed by atoms with Crippen molar-refractivity contribution in [2.45, 2.75) is 49.4 Å². The lowest BCUT2D eigenvalue weighted by Gasteiger charge is -2.58. The van der Waals surface area contributed by atoms with E-state index in [0.717, 1.165) is 6.42 Å². The summed E-state index contributed by atoms with van der Waals surface area (Å²) in [4.78, 5) is 23.6. The minimum Gasteiger partial charge on any atom is -0.390 e. The van der Waals surface area contributed by atoms with Crippen molar-refractivity contribution in [2.75, 3.05) is 0 Å². The molecule has 0 heterocycles. The molecule has 0 aromatic carbocycles. The Hall–Kier alpha value is -1.13. The maximum atomic E-state index is 13.2. The van der Waals surface area contributed by atoms with Gasteiger partial charge in [0, 0.05) is 0 Å². The first-order valence-corrected chi connectivity index (χ1v) is 8.65. The molecule has 0 saturated heterocycles. The topological polar surface area (TPSA) is 118 Å². The lowest BCUT2D eigenvalue weighted by atomic mass is 9.48. The van der Waals surface area contributed by atoms with Crippen LogP contribution < -0.4 is 0 Å². The zero-order valence-corrected chi connectivity index (χ0v) is 12.8. The van der Waals surface area contributed by atoms with Crippen molar-refractivity contribution in [2.24, 2.45) is 17.3 Å². The Morgan fingerprint density at radius 1 is 1.13 bits per heavy atom. The summed E-state index contributed by atoms with van der Waals surface area (Å²) in [5, 5.41) is 5.26. The van der Waals surface area contributed by atoms with E-state index in [1.165, 1.54) is 0 Å². The second-order valence-corrected chi connectivity index (χ2v) is 8.60. The second-order valence-electron chi connectivity index (χ2n) is 7.13. The molecule has 0 aromatic rings. The summed E-state index contributed by atoms with van der Waals surface area (Å²) >= 11 is 0. The maximum Gasteiger partial charge on any atom is 0.466 e. The molecule has 7 nitrogen and oxygen atoms in total. The van der Waals surface area contributed by atoms with Crippen molar-refractivity contribution < 1.29 is 41.2 Å². The predicted molar refractivity (Wildman–Crippen MR) is 69.7 cm³/mol. The van der Waals surface area contributed by atoms with Gasteiger partial charge in [-0.15, -0.1) is 0 Å². The number of carbonyl (C=O) groups is 2. The van der Waals surface area contributed by atoms with E-state index in [1.807, 2.05) is 0 Å². The average Bonchev–Trinajstić information content (AvgIpc) is 2.33. The van der Waals surface area contributed by atoms with Gasteiger partial charge in [0.05, 0.1) is 11.0 Å². The first kappa shape index (κ1) is 16.7. The molecule has 4 rings (SSSR count). The average molecular weight is 354 g/mol. The molecule has 23 heavy (non-hydrogen) atoms. The van der Waals surface area contributed by atoms with E-state index in [4.69, 9.17) is 4.55 Å². The highest BCUT2D eigenvalue weighted by atomic mass is 32.2. The van der Waals surface area contributed by atoms with Gasteiger partial charge in [-0.2, -0.15) is 17.2 Å². The molecule has 2 atom stereocenters. The molecule has 2 N–H and O–H groups in total. The van der Waals surface area contributed by atoms with Gasteiger partial charge in [-0.05, 0) is 50.4 Å². The van der Waals surface area contributed by atoms with Gasteiger partial charge in [-0.3, -0.25) is 9.35 Å². The van der Waals surface area contributed by atoms with Gasteiger partial charge in [0.25, 0.3) is 0 Å². The lowest BCUT2D eigenvalue weighted by molar-refractivity contribution is -0.202. The van der Waals surface area contributed by atoms with E-state index in [0.29, 0.717) is 25.7 Å². The highest BCUT2D eigenvalue weighted by Gasteiger charge is 2.63. The number of carbonyl (C=O) groups excluding carboxylic acids is 2. The van der Waals surface area contributed by atoms with Gasteiger partial charge in [-0.25, -0.2) is 4.79 Å². The van der Waals surface area contributed by atoms with Crippen molar-refractivity contribution in [1.29, 1.82) is 0 Å². The van der Waals surface area contributed by atoms with E-state index < -0.39 is 38.3 Å². The summed E-state index contributed by atoms with van der Waals surface area (Å²) in [7, 11) is -6.02. The molecule has 0 aromatic heterocycles. The minimum absolute atomic E-state index is 0.0105. The van der Waals surface area contributed by atoms with Gasteiger partial charge in [-0.1, -0.05) is 0 Å². The Balaban J connectivity index is 1.80. The molecular formula is C13H16F2O7S. The lowest BCUT2D eigenvalue weighted by Crippen LogP contribution is -2.59. The molecule has 0 spiro atoms. The zero-order valence-electron chi connectivity index (χ0n) is 12.0. The van der Waals surface area contributed by atoms with Crippen molar-refractivity contribution >= 4 is 22.1 Å². The number of hydrogen-bond donors (Lipinski definition) is 2. The molecule has 0 aliphatic heterocycles. The Bertz CT molecular complexity index is 658. The third kappa shape index (κ3) is 2.56. The molecule has 4 aliphatic rings. The number of esters is 2. The molecular weight excluding hydrogens is 338 g/mol. The second kappa shape index (κ2) is 4.70. The number of aliphatic hydroxyl groups is 1. The van der Waals surface area contributed by atoms with Crippen molar-refractivity contribution in [3.8, 4) is 0 Å². The van der Waals surface area contributed by atoms with Gasteiger partial charge in [0.1, 0.15) is 0 Å². The fraction of sp³-hybridized carbons (Fsp3) is 0.846. The molecule has 0 radical (unpaired) electrons. The summed E-state index contributed by atoms with van der Waals surface area (Å²) in [5.74, 6) is -3.77. The Morgan fingerprint density at radius 2 is 1.65 bits per heavy atom. The normalized spacial score (nSPS) is 39.3. The third-order valence-corrected chi connectivity index (χ3v) is 6.02. The molecule has 0 amide bonds. The quantitative estimate of drug-likeness (QED) is 0.438. The predicted octanol–water partition coefficient (Wildman–Crippen LogP) is 0.868. The van der Waals surface area contributed by atoms with Crippen LogP contribution in [0.2, 0.25) is 0 Å². The fourth-order valence-electron chi connectivity index (χ4n) is 4.81. The summed E-state index contributed by atoms with van der Waals surface area (Å²) in [6.45, 7) is 0. The number of ether oxygens (including phenoxy) is 1. The fourth-order valence-corrected chi connectivity index (χ4v) is 5.06. The van der Waals surface area contributed by atoms with Crippen LogP contribution in [-0.2, 0) is 24.4 Å². The van der Waals surface area contributed by atoms with Gasteiger partial charge in [0.2, 0.25) is 0 Å². The number of alkyl halides is 2. The number of rotatable bonds is 3. The molecule has 4 aliphatic carbocycles. The zero-order chi connectivity index (χ0) is 17.3. The van der Waals surface area contributed by atoms with Gasteiger partial charge in [0.15, 0.2) is 0 Å². The summed E-state index contributed by atoms with van der Waals surface area (Å²) < 4.78 is 60.0. The molecule has 130 valence electrons. The van der Waals surface area contributed by atoms with Crippen molar-refractivity contribution in [3.63, 3.8) is 0 Å². The van der Waals surface area contributed by atoms with E-state index in [1.54, 1.807) is 0 Å². The standard InChI is InChI=1S/C13H16F2O7S/c14-13(15,23(19,20)21)10(17)22-9(16)11-2-7-1-8(3-11)5-12(18,4-7)6-11/h7-8,18H,1-6H2,(H,19,20,21). The van der Waals surface area contributed by atoms with E-state index in [2.05, 4.69) is 4.74 Å². The highest BCUT2D eigenvalue weighted by Crippen LogP contribution is 2.62. The van der Waals surface area contributed by atoms with Crippen LogP contribution in [-0.4, -0.2) is 40.9 Å². The summed E-state index contributed by atoms with van der Waals surface area (Å²) in [6.07, 6.45) is 2.51. The first-order valence-electron chi connectivity index (χ1n) is 7.21. The van der Waals surface area contributed by atoms with E-state index in [9.17, 15) is 31.9 Å². The maximum absolute atomic E-state index is 13.2. The molecule has 4 fully saturated rings. The Labute approximate surface area is 130 Å². The number of halogens is 2. The first-order chi connectivity index (χ1) is 10.4. The molecule has 2 unspecified atom stereocenters. The number of hydrogen-bond acceptors (Lipinski definition) is 6. The Kier molecular flexibility index (Phi) is 3.42. The van der Waals surface area contributed by atoms with Crippen LogP contribution in [0.25, 0.3) is 0 Å². The smallest absolute Gasteiger partial charge is 0.390 e. The molecule has 10 heteroatoms. The van der Waals surface area contributed by atoms with E-state index in [-0.39, 0.29) is 18.3 Å².